The van der Waals surface area contributed by atoms with Crippen molar-refractivity contribution in [2.24, 2.45) is 5.92 Å². The van der Waals surface area contributed by atoms with Gasteiger partial charge in [0.2, 0.25) is 10.0 Å². The van der Waals surface area contributed by atoms with Crippen molar-refractivity contribution in [1.82, 2.24) is 4.72 Å². The highest BCUT2D eigenvalue weighted by Gasteiger charge is 2.39. The van der Waals surface area contributed by atoms with Crippen LogP contribution in [0.25, 0.3) is 0 Å². The van der Waals surface area contributed by atoms with E-state index in [4.69, 9.17) is 0 Å². The molecule has 1 aliphatic carbocycles. The van der Waals surface area contributed by atoms with E-state index in [1.54, 1.807) is 0 Å². The summed E-state index contributed by atoms with van der Waals surface area (Å²) in [5.41, 5.74) is 0. The van der Waals surface area contributed by atoms with Crippen molar-refractivity contribution in [2.75, 3.05) is 0 Å². The molecular weight excluding hydrogens is 321 g/mol. The van der Waals surface area contributed by atoms with Crippen LogP contribution >= 0.6 is 15.9 Å². The van der Waals surface area contributed by atoms with Gasteiger partial charge in [-0.1, -0.05) is 13.3 Å². The van der Waals surface area contributed by atoms with Gasteiger partial charge in [-0.25, -0.2) is 17.5 Å². The Morgan fingerprint density at radius 1 is 1.50 bits per heavy atom. The summed E-state index contributed by atoms with van der Waals surface area (Å²) in [6, 6.07) is 3.62. The molecule has 1 aromatic rings. The number of benzene rings is 1. The molecule has 1 N–H and O–H groups in total. The molecule has 3 nitrogen and oxygen atoms in total. The van der Waals surface area contributed by atoms with Crippen LogP contribution in [0.4, 0.5) is 4.39 Å². The summed E-state index contributed by atoms with van der Waals surface area (Å²) >= 11 is 3.08. The Kier molecular flexibility index (Phi) is 4.08. The molecule has 2 rings (SSSR count). The first kappa shape index (κ1) is 14.0. The van der Waals surface area contributed by atoms with Crippen LogP contribution in [-0.4, -0.2) is 14.5 Å². The third kappa shape index (κ3) is 3.10. The van der Waals surface area contributed by atoms with E-state index in [1.807, 2.05) is 0 Å². The molecule has 100 valence electrons. The van der Waals surface area contributed by atoms with Gasteiger partial charge in [-0.05, 0) is 52.9 Å². The highest BCUT2D eigenvalue weighted by Crippen LogP contribution is 2.36. The maximum Gasteiger partial charge on any atom is 0.241 e. The molecule has 0 aromatic heterocycles. The highest BCUT2D eigenvalue weighted by atomic mass is 79.9. The van der Waals surface area contributed by atoms with E-state index in [1.165, 1.54) is 6.07 Å². The smallest absolute Gasteiger partial charge is 0.208 e. The third-order valence-corrected chi connectivity index (χ3v) is 5.54. The number of hydrogen-bond donors (Lipinski definition) is 1. The lowest BCUT2D eigenvalue weighted by atomic mass is 10.2. The zero-order chi connectivity index (χ0) is 13.3. The number of hydrogen-bond acceptors (Lipinski definition) is 2. The molecule has 1 fully saturated rings. The summed E-state index contributed by atoms with van der Waals surface area (Å²) in [6.07, 6.45) is 2.99. The van der Waals surface area contributed by atoms with Crippen LogP contribution in [0.15, 0.2) is 27.6 Å². The van der Waals surface area contributed by atoms with Gasteiger partial charge in [0.15, 0.2) is 0 Å². The van der Waals surface area contributed by atoms with Crippen molar-refractivity contribution in [2.45, 2.75) is 37.1 Å². The fraction of sp³-hybridized carbons (Fsp3) is 0.500. The fourth-order valence-electron chi connectivity index (χ4n) is 2.04. The van der Waals surface area contributed by atoms with Gasteiger partial charge >= 0.3 is 0 Å². The summed E-state index contributed by atoms with van der Waals surface area (Å²) in [4.78, 5) is 0.0889. The third-order valence-electron chi connectivity index (χ3n) is 3.07. The van der Waals surface area contributed by atoms with Gasteiger partial charge in [0.25, 0.3) is 0 Å². The van der Waals surface area contributed by atoms with E-state index in [0.29, 0.717) is 5.92 Å². The van der Waals surface area contributed by atoms with E-state index in [2.05, 4.69) is 27.6 Å². The van der Waals surface area contributed by atoms with Crippen molar-refractivity contribution in [3.63, 3.8) is 0 Å². The monoisotopic (exact) mass is 335 g/mol. The molecule has 0 amide bonds. The summed E-state index contributed by atoms with van der Waals surface area (Å²) in [5.74, 6) is -0.0138. The van der Waals surface area contributed by atoms with Crippen LogP contribution in [0, 0.1) is 11.7 Å². The number of nitrogens with one attached hydrogen (secondary N) is 1. The molecule has 1 saturated carbocycles. The van der Waals surface area contributed by atoms with E-state index in [9.17, 15) is 12.8 Å². The average molecular weight is 336 g/mol. The lowest BCUT2D eigenvalue weighted by Gasteiger charge is -2.08. The molecule has 6 heteroatoms. The van der Waals surface area contributed by atoms with E-state index in [0.717, 1.165) is 31.4 Å². The maximum atomic E-state index is 12.9. The molecule has 1 aliphatic rings. The standard InChI is InChI=1S/C12H15BrFNO2S/c1-2-3-8-6-11(8)15-18(16,17)12-5-4-9(14)7-10(12)13/h4-5,7-8,11,15H,2-3,6H2,1H3. The predicted octanol–water partition coefficient (Wildman–Crippen LogP) is 3.06. The number of rotatable bonds is 5. The largest absolute Gasteiger partial charge is 0.241 e. The molecule has 0 bridgehead atoms. The molecule has 2 unspecified atom stereocenters. The second-order valence-electron chi connectivity index (χ2n) is 4.59. The van der Waals surface area contributed by atoms with Crippen LogP contribution in [0.5, 0.6) is 0 Å². The van der Waals surface area contributed by atoms with E-state index >= 15 is 0 Å². The first-order chi connectivity index (χ1) is 8.44. The summed E-state index contributed by atoms with van der Waals surface area (Å²) in [5, 5.41) is 0. The van der Waals surface area contributed by atoms with Crippen LogP contribution in [0.1, 0.15) is 26.2 Å². The summed E-state index contributed by atoms with van der Waals surface area (Å²) < 4.78 is 40.0. The molecule has 0 aliphatic heterocycles. The second-order valence-corrected chi connectivity index (χ2v) is 7.12. The molecule has 2 atom stereocenters. The molecule has 0 radical (unpaired) electrons. The number of sulfonamides is 1. The molecule has 18 heavy (non-hydrogen) atoms. The number of halogens is 2. The molecule has 1 aromatic carbocycles. The normalized spacial score (nSPS) is 23.1. The topological polar surface area (TPSA) is 46.2 Å². The van der Waals surface area contributed by atoms with Gasteiger partial charge in [0.1, 0.15) is 5.82 Å². The van der Waals surface area contributed by atoms with Gasteiger partial charge in [-0.15, -0.1) is 0 Å². The summed E-state index contributed by atoms with van der Waals surface area (Å²) in [7, 11) is -3.56. The Hall–Kier alpha value is -0.460. The van der Waals surface area contributed by atoms with Gasteiger partial charge in [0.05, 0.1) is 4.90 Å². The van der Waals surface area contributed by atoms with Gasteiger partial charge in [-0.2, -0.15) is 0 Å². The fourth-order valence-corrected chi connectivity index (χ4v) is 4.40. The zero-order valence-electron chi connectivity index (χ0n) is 9.99. The van der Waals surface area contributed by atoms with E-state index < -0.39 is 15.8 Å². The van der Waals surface area contributed by atoms with Crippen LogP contribution in [0.3, 0.4) is 0 Å². The summed E-state index contributed by atoms with van der Waals surface area (Å²) in [6.45, 7) is 2.08. The average Bonchev–Trinajstić information content (AvgIpc) is 2.95. The Balaban J connectivity index is 2.12. The SMILES string of the molecule is CCCC1CC1NS(=O)(=O)c1ccc(F)cc1Br. The predicted molar refractivity (Wildman–Crippen MR) is 71.2 cm³/mol. The first-order valence-electron chi connectivity index (χ1n) is 5.91. The van der Waals surface area contributed by atoms with Crippen molar-refractivity contribution in [1.29, 1.82) is 0 Å². The van der Waals surface area contributed by atoms with Crippen molar-refractivity contribution in [3.05, 3.63) is 28.5 Å². The van der Waals surface area contributed by atoms with Crippen LogP contribution in [-0.2, 0) is 10.0 Å². The highest BCUT2D eigenvalue weighted by molar-refractivity contribution is 9.10. The Morgan fingerprint density at radius 2 is 2.22 bits per heavy atom. The van der Waals surface area contributed by atoms with Gasteiger partial charge in [0, 0.05) is 10.5 Å². The van der Waals surface area contributed by atoms with Crippen molar-refractivity contribution >= 4 is 26.0 Å². The van der Waals surface area contributed by atoms with Gasteiger partial charge in [-0.3, -0.25) is 0 Å². The lowest BCUT2D eigenvalue weighted by molar-refractivity contribution is 0.571. The zero-order valence-corrected chi connectivity index (χ0v) is 12.4. The molecule has 0 saturated heterocycles. The van der Waals surface area contributed by atoms with Crippen molar-refractivity contribution < 1.29 is 12.8 Å². The van der Waals surface area contributed by atoms with Crippen LogP contribution < -0.4 is 4.72 Å². The molecule has 0 heterocycles. The van der Waals surface area contributed by atoms with Crippen LogP contribution in [0.2, 0.25) is 0 Å². The second kappa shape index (κ2) is 5.27. The Morgan fingerprint density at radius 3 is 2.83 bits per heavy atom. The quantitative estimate of drug-likeness (QED) is 0.898. The Labute approximate surface area is 115 Å². The Bertz CT molecular complexity index is 547. The molecular formula is C12H15BrFNO2S. The van der Waals surface area contributed by atoms with Crippen molar-refractivity contribution in [3.8, 4) is 0 Å². The minimum Gasteiger partial charge on any atom is -0.208 e. The maximum absolute atomic E-state index is 12.9. The first-order valence-corrected chi connectivity index (χ1v) is 8.19. The minimum atomic E-state index is -3.56. The van der Waals surface area contributed by atoms with Gasteiger partial charge < -0.3 is 0 Å². The molecule has 0 spiro atoms. The lowest BCUT2D eigenvalue weighted by Crippen LogP contribution is -2.27. The van der Waals surface area contributed by atoms with E-state index in [-0.39, 0.29) is 15.4 Å². The minimum absolute atomic E-state index is 0.0342.